The number of hydrogen-bond donors (Lipinski definition) is 2. The molecule has 1 amide bonds. The van der Waals surface area contributed by atoms with Crippen LogP contribution in [0.25, 0.3) is 0 Å². The Morgan fingerprint density at radius 1 is 1.38 bits per heavy atom. The monoisotopic (exact) mass is 345 g/mol. The van der Waals surface area contributed by atoms with Gasteiger partial charge in [-0.2, -0.15) is 0 Å². The zero-order valence-corrected chi connectivity index (χ0v) is 13.9. The smallest absolute Gasteiger partial charge is 0.320 e. The third-order valence-electron chi connectivity index (χ3n) is 4.13. The second-order valence-corrected chi connectivity index (χ2v) is 6.67. The van der Waals surface area contributed by atoms with Crippen molar-refractivity contribution in [3.8, 4) is 0 Å². The van der Waals surface area contributed by atoms with Crippen LogP contribution in [0.2, 0.25) is 0 Å². The summed E-state index contributed by atoms with van der Waals surface area (Å²) >= 11 is 1.48. The van der Waals surface area contributed by atoms with Gasteiger partial charge in [0.2, 0.25) is 5.91 Å². The highest BCUT2D eigenvalue weighted by atomic mass is 32.1. The Balaban J connectivity index is 1.71. The summed E-state index contributed by atoms with van der Waals surface area (Å²) < 4.78 is 0. The highest BCUT2D eigenvalue weighted by Crippen LogP contribution is 2.24. The predicted molar refractivity (Wildman–Crippen MR) is 90.8 cm³/mol. The number of aromatic nitrogens is 1. The van der Waals surface area contributed by atoms with Crippen LogP contribution in [0.15, 0.2) is 41.9 Å². The van der Waals surface area contributed by atoms with E-state index in [0.29, 0.717) is 13.0 Å². The van der Waals surface area contributed by atoms with Crippen molar-refractivity contribution in [1.82, 2.24) is 15.2 Å². The summed E-state index contributed by atoms with van der Waals surface area (Å²) in [6.07, 6.45) is 3.11. The van der Waals surface area contributed by atoms with Crippen molar-refractivity contribution >= 4 is 23.2 Å². The van der Waals surface area contributed by atoms with E-state index in [0.717, 1.165) is 17.0 Å². The van der Waals surface area contributed by atoms with Gasteiger partial charge in [-0.05, 0) is 24.9 Å². The molecule has 1 unspecified atom stereocenters. The zero-order valence-electron chi connectivity index (χ0n) is 13.1. The number of likely N-dealkylation sites (tertiary alicyclic amines) is 1. The summed E-state index contributed by atoms with van der Waals surface area (Å²) in [7, 11) is 0. The zero-order chi connectivity index (χ0) is 16.9. The molecule has 6 nitrogen and oxygen atoms in total. The summed E-state index contributed by atoms with van der Waals surface area (Å²) in [4.78, 5) is 29.8. The van der Waals surface area contributed by atoms with Gasteiger partial charge in [-0.3, -0.25) is 14.5 Å². The van der Waals surface area contributed by atoms with Crippen molar-refractivity contribution in [2.45, 2.75) is 24.9 Å². The maximum atomic E-state index is 12.5. The second kappa shape index (κ2) is 7.55. The molecule has 0 aliphatic carbocycles. The van der Waals surface area contributed by atoms with E-state index in [-0.39, 0.29) is 18.5 Å². The maximum absolute atomic E-state index is 12.5. The Morgan fingerprint density at radius 2 is 2.17 bits per heavy atom. The summed E-state index contributed by atoms with van der Waals surface area (Å²) in [5, 5.41) is 14.9. The van der Waals surface area contributed by atoms with Crippen LogP contribution < -0.4 is 5.32 Å². The topological polar surface area (TPSA) is 82.5 Å². The molecule has 0 radical (unpaired) electrons. The summed E-state index contributed by atoms with van der Waals surface area (Å²) in [6.45, 7) is 0.726. The Morgan fingerprint density at radius 3 is 2.83 bits per heavy atom. The third-order valence-corrected chi connectivity index (χ3v) is 4.97. The van der Waals surface area contributed by atoms with Crippen LogP contribution in [0.4, 0.5) is 0 Å². The van der Waals surface area contributed by atoms with Crippen LogP contribution in [0.5, 0.6) is 0 Å². The number of carbonyl (C=O) groups is 2. The molecule has 7 heteroatoms. The Kier molecular flexibility index (Phi) is 5.22. The Bertz CT molecular complexity index is 690. The van der Waals surface area contributed by atoms with Crippen LogP contribution in [0.1, 0.15) is 29.5 Å². The number of thiazole rings is 1. The summed E-state index contributed by atoms with van der Waals surface area (Å²) in [5.41, 5.74) is 0.956. The van der Waals surface area contributed by atoms with E-state index in [1.807, 2.05) is 35.7 Å². The highest BCUT2D eigenvalue weighted by molar-refractivity contribution is 7.09. The Labute approximate surface area is 144 Å². The molecule has 1 aliphatic rings. The molecular formula is C17H19N3O3S. The normalized spacial score (nSPS) is 19.1. The number of rotatable bonds is 6. The minimum atomic E-state index is -0.861. The molecule has 2 N–H and O–H groups in total. The van der Waals surface area contributed by atoms with Gasteiger partial charge in [0.1, 0.15) is 17.1 Å². The van der Waals surface area contributed by atoms with Crippen molar-refractivity contribution in [2.75, 3.05) is 13.1 Å². The number of nitrogens with zero attached hydrogens (tertiary/aromatic N) is 2. The molecule has 126 valence electrons. The van der Waals surface area contributed by atoms with Gasteiger partial charge >= 0.3 is 5.97 Å². The molecule has 0 saturated carbocycles. The molecular weight excluding hydrogens is 326 g/mol. The molecule has 24 heavy (non-hydrogen) atoms. The number of carbonyl (C=O) groups excluding carboxylic acids is 1. The van der Waals surface area contributed by atoms with E-state index in [1.165, 1.54) is 11.3 Å². The first-order valence-corrected chi connectivity index (χ1v) is 8.73. The number of carboxylic acid groups (broad SMARTS) is 1. The van der Waals surface area contributed by atoms with Crippen molar-refractivity contribution in [2.24, 2.45) is 0 Å². The average Bonchev–Trinajstić information content (AvgIpc) is 3.25. The SMILES string of the molecule is O=C(CN1CCC[C@@H]1C(=O)O)NC(c1ccccc1)c1nccs1. The quantitative estimate of drug-likeness (QED) is 0.835. The lowest BCUT2D eigenvalue weighted by Crippen LogP contribution is -2.43. The first-order valence-electron chi connectivity index (χ1n) is 7.85. The molecule has 0 spiro atoms. The fourth-order valence-electron chi connectivity index (χ4n) is 3.00. The number of benzene rings is 1. The standard InChI is InChI=1S/C17H19N3O3S/c21-14(11-20-9-4-7-13(20)17(22)23)19-15(16-18-8-10-24-16)12-5-2-1-3-6-12/h1-3,5-6,8,10,13,15H,4,7,9,11H2,(H,19,21)(H,22,23)/t13-,15?/m1/s1. The highest BCUT2D eigenvalue weighted by Gasteiger charge is 2.32. The molecule has 1 fully saturated rings. The minimum absolute atomic E-state index is 0.0890. The second-order valence-electron chi connectivity index (χ2n) is 5.75. The van der Waals surface area contributed by atoms with Gasteiger partial charge in [0.05, 0.1) is 6.54 Å². The van der Waals surface area contributed by atoms with Gasteiger partial charge in [-0.25, -0.2) is 4.98 Å². The number of carboxylic acids is 1. The van der Waals surface area contributed by atoms with Gasteiger partial charge in [0.25, 0.3) is 0 Å². The lowest BCUT2D eigenvalue weighted by atomic mass is 10.1. The molecule has 2 heterocycles. The molecule has 1 aliphatic heterocycles. The van der Waals surface area contributed by atoms with E-state index < -0.39 is 12.0 Å². The van der Waals surface area contributed by atoms with E-state index in [2.05, 4.69) is 10.3 Å². The summed E-state index contributed by atoms with van der Waals surface area (Å²) in [6, 6.07) is 8.78. The Hall–Kier alpha value is -2.25. The first-order chi connectivity index (χ1) is 11.6. The molecule has 1 aromatic carbocycles. The van der Waals surface area contributed by atoms with Gasteiger partial charge in [0, 0.05) is 11.6 Å². The van der Waals surface area contributed by atoms with E-state index in [1.54, 1.807) is 11.1 Å². The molecule has 2 aromatic rings. The summed E-state index contributed by atoms with van der Waals surface area (Å²) in [5.74, 6) is -1.05. The van der Waals surface area contributed by atoms with Gasteiger partial charge < -0.3 is 10.4 Å². The number of aliphatic carboxylic acids is 1. The predicted octanol–water partition coefficient (Wildman–Crippen LogP) is 1.90. The molecule has 0 bridgehead atoms. The van der Waals surface area contributed by atoms with E-state index >= 15 is 0 Å². The van der Waals surface area contributed by atoms with Crippen LogP contribution in [-0.4, -0.2) is 46.0 Å². The molecule has 1 saturated heterocycles. The van der Waals surface area contributed by atoms with Gasteiger partial charge in [0.15, 0.2) is 0 Å². The molecule has 1 aromatic heterocycles. The maximum Gasteiger partial charge on any atom is 0.320 e. The van der Waals surface area contributed by atoms with Crippen LogP contribution in [-0.2, 0) is 9.59 Å². The van der Waals surface area contributed by atoms with Gasteiger partial charge in [-0.15, -0.1) is 11.3 Å². The third kappa shape index (κ3) is 3.80. The first kappa shape index (κ1) is 16.6. The lowest BCUT2D eigenvalue weighted by molar-refractivity contribution is -0.142. The van der Waals surface area contributed by atoms with E-state index in [9.17, 15) is 14.7 Å². The van der Waals surface area contributed by atoms with Crippen molar-refractivity contribution < 1.29 is 14.7 Å². The van der Waals surface area contributed by atoms with Gasteiger partial charge in [-0.1, -0.05) is 30.3 Å². The van der Waals surface area contributed by atoms with Crippen LogP contribution in [0, 0.1) is 0 Å². The fraction of sp³-hybridized carbons (Fsp3) is 0.353. The minimum Gasteiger partial charge on any atom is -0.480 e. The van der Waals surface area contributed by atoms with Crippen LogP contribution in [0.3, 0.4) is 0 Å². The lowest BCUT2D eigenvalue weighted by Gasteiger charge is -2.23. The van der Waals surface area contributed by atoms with Crippen molar-refractivity contribution in [3.05, 3.63) is 52.5 Å². The number of hydrogen-bond acceptors (Lipinski definition) is 5. The largest absolute Gasteiger partial charge is 0.480 e. The fourth-order valence-corrected chi connectivity index (χ4v) is 3.71. The molecule has 3 rings (SSSR count). The molecule has 2 atom stereocenters. The van der Waals surface area contributed by atoms with Crippen LogP contribution >= 0.6 is 11.3 Å². The van der Waals surface area contributed by atoms with Crippen molar-refractivity contribution in [1.29, 1.82) is 0 Å². The van der Waals surface area contributed by atoms with Crippen molar-refractivity contribution in [3.63, 3.8) is 0 Å². The number of amides is 1. The number of nitrogens with one attached hydrogen (secondary N) is 1. The average molecular weight is 345 g/mol. The van der Waals surface area contributed by atoms with E-state index in [4.69, 9.17) is 0 Å².